The molecule has 7 nitrogen and oxygen atoms in total. The number of rotatable bonds is 6. The number of halogens is 1. The number of ether oxygens (including phenoxy) is 1. The van der Waals surface area contributed by atoms with Crippen molar-refractivity contribution < 1.29 is 22.4 Å². The van der Waals surface area contributed by atoms with E-state index in [4.69, 9.17) is 9.57 Å². The van der Waals surface area contributed by atoms with Crippen LogP contribution in [-0.2, 0) is 9.84 Å². The topological polar surface area (TPSA) is 83.3 Å². The highest BCUT2D eigenvalue weighted by Gasteiger charge is 2.12. The third-order valence-electron chi connectivity index (χ3n) is 3.21. The zero-order valence-electron chi connectivity index (χ0n) is 12.7. The van der Waals surface area contributed by atoms with Crippen molar-refractivity contribution in [1.82, 2.24) is 15.2 Å². The first-order valence-electron chi connectivity index (χ1n) is 7.01. The van der Waals surface area contributed by atoms with Crippen molar-refractivity contribution in [3.63, 3.8) is 0 Å². The second kappa shape index (κ2) is 6.44. The lowest BCUT2D eigenvalue weighted by Gasteiger charge is -2.08. The highest BCUT2D eigenvalue weighted by Crippen LogP contribution is 2.17. The molecule has 2 aromatic carbocycles. The molecule has 3 aromatic rings. The summed E-state index contributed by atoms with van der Waals surface area (Å²) < 4.78 is 41.9. The molecule has 0 saturated heterocycles. The molecular formula is C15H14FN3O4S. The van der Waals surface area contributed by atoms with E-state index in [1.165, 1.54) is 24.3 Å². The summed E-state index contributed by atoms with van der Waals surface area (Å²) in [5, 5.41) is 7.69. The molecule has 0 atom stereocenters. The number of para-hydroxylation sites is 1. The SMILES string of the molecule is CS(=O)(=O)c1ccc2nnn(OCCOc3ccccc3F)c2c1. The van der Waals surface area contributed by atoms with Gasteiger partial charge in [0, 0.05) is 6.26 Å². The molecule has 0 fully saturated rings. The second-order valence-electron chi connectivity index (χ2n) is 5.00. The van der Waals surface area contributed by atoms with Gasteiger partial charge in [0.15, 0.2) is 28.0 Å². The van der Waals surface area contributed by atoms with E-state index in [1.54, 1.807) is 18.2 Å². The van der Waals surface area contributed by atoms with Crippen molar-refractivity contribution in [2.24, 2.45) is 0 Å². The average molecular weight is 351 g/mol. The maximum Gasteiger partial charge on any atom is 0.175 e. The predicted octanol–water partition coefficient (Wildman–Crippen LogP) is 1.48. The molecule has 0 aliphatic rings. The molecule has 0 amide bonds. The average Bonchev–Trinajstić information content (AvgIpc) is 2.95. The molecule has 126 valence electrons. The van der Waals surface area contributed by atoms with E-state index in [0.29, 0.717) is 11.0 Å². The Morgan fingerprint density at radius 1 is 1.17 bits per heavy atom. The zero-order valence-corrected chi connectivity index (χ0v) is 13.5. The summed E-state index contributed by atoms with van der Waals surface area (Å²) in [6.45, 7) is 0.171. The van der Waals surface area contributed by atoms with E-state index in [2.05, 4.69) is 10.3 Å². The molecule has 24 heavy (non-hydrogen) atoms. The van der Waals surface area contributed by atoms with Gasteiger partial charge in [0.1, 0.15) is 17.6 Å². The minimum Gasteiger partial charge on any atom is -0.487 e. The van der Waals surface area contributed by atoms with Crippen LogP contribution in [0.3, 0.4) is 0 Å². The Morgan fingerprint density at radius 2 is 1.96 bits per heavy atom. The van der Waals surface area contributed by atoms with Crippen LogP contribution in [0.5, 0.6) is 5.75 Å². The Hall–Kier alpha value is -2.68. The zero-order chi connectivity index (χ0) is 17.2. The van der Waals surface area contributed by atoms with Gasteiger partial charge in [-0.05, 0) is 35.5 Å². The Bertz CT molecular complexity index is 972. The fourth-order valence-corrected chi connectivity index (χ4v) is 2.68. The molecule has 0 unspecified atom stereocenters. The fraction of sp³-hybridized carbons (Fsp3) is 0.200. The van der Waals surface area contributed by atoms with Crippen molar-refractivity contribution >= 4 is 20.9 Å². The first-order chi connectivity index (χ1) is 11.4. The summed E-state index contributed by atoms with van der Waals surface area (Å²) in [5.74, 6) is -0.328. The van der Waals surface area contributed by atoms with Gasteiger partial charge < -0.3 is 9.57 Å². The van der Waals surface area contributed by atoms with Gasteiger partial charge in [-0.3, -0.25) is 0 Å². The summed E-state index contributed by atoms with van der Waals surface area (Å²) in [7, 11) is -3.35. The van der Waals surface area contributed by atoms with Gasteiger partial charge in [0.05, 0.1) is 4.90 Å². The van der Waals surface area contributed by atoms with E-state index in [9.17, 15) is 12.8 Å². The van der Waals surface area contributed by atoms with Crippen molar-refractivity contribution in [1.29, 1.82) is 0 Å². The molecule has 1 aromatic heterocycles. The van der Waals surface area contributed by atoms with Crippen LogP contribution in [0.15, 0.2) is 47.4 Å². The first-order valence-corrected chi connectivity index (χ1v) is 8.90. The number of nitrogens with zero attached hydrogens (tertiary/aromatic N) is 3. The van der Waals surface area contributed by atoms with Gasteiger partial charge in [0.2, 0.25) is 0 Å². The standard InChI is InChI=1S/C15H14FN3O4S/c1-24(20,21)11-6-7-13-14(10-11)19(18-17-13)23-9-8-22-15-5-3-2-4-12(15)16/h2-7,10H,8-9H2,1H3. The van der Waals surface area contributed by atoms with Crippen LogP contribution in [0.25, 0.3) is 11.0 Å². The molecule has 9 heteroatoms. The lowest BCUT2D eigenvalue weighted by atomic mass is 10.3. The lowest BCUT2D eigenvalue weighted by molar-refractivity contribution is 0.0631. The molecule has 3 rings (SSSR count). The molecule has 1 heterocycles. The van der Waals surface area contributed by atoms with E-state index in [1.807, 2.05) is 0 Å². The van der Waals surface area contributed by atoms with E-state index < -0.39 is 15.7 Å². The van der Waals surface area contributed by atoms with Gasteiger partial charge in [-0.1, -0.05) is 17.0 Å². The molecule has 0 aliphatic heterocycles. The summed E-state index contributed by atoms with van der Waals surface area (Å²) in [5.41, 5.74) is 0.918. The molecule has 0 spiro atoms. The van der Waals surface area contributed by atoms with Crippen LogP contribution in [0.4, 0.5) is 4.39 Å². The minimum absolute atomic E-state index is 0.0793. The van der Waals surface area contributed by atoms with E-state index in [0.717, 1.165) is 11.1 Å². The van der Waals surface area contributed by atoms with Gasteiger partial charge >= 0.3 is 0 Å². The summed E-state index contributed by atoms with van der Waals surface area (Å²) in [4.78, 5) is 6.65. The number of aromatic nitrogens is 3. The quantitative estimate of drug-likeness (QED) is 0.626. The third kappa shape index (κ3) is 3.46. The van der Waals surface area contributed by atoms with Crippen LogP contribution < -0.4 is 9.57 Å². The van der Waals surface area contributed by atoms with E-state index in [-0.39, 0.29) is 23.9 Å². The Labute approximate surface area is 137 Å². The Kier molecular flexibility index (Phi) is 4.34. The minimum atomic E-state index is -3.35. The molecule has 0 radical (unpaired) electrons. The molecule has 0 aliphatic carbocycles. The maximum absolute atomic E-state index is 13.4. The molecular weight excluding hydrogens is 337 g/mol. The third-order valence-corrected chi connectivity index (χ3v) is 4.32. The van der Waals surface area contributed by atoms with Crippen LogP contribution in [0.2, 0.25) is 0 Å². The summed E-state index contributed by atoms with van der Waals surface area (Å²) in [6.07, 6.45) is 1.12. The normalized spacial score (nSPS) is 11.6. The van der Waals surface area contributed by atoms with Crippen molar-refractivity contribution in [2.75, 3.05) is 19.5 Å². The Balaban J connectivity index is 1.68. The number of hydrogen-bond acceptors (Lipinski definition) is 6. The van der Waals surface area contributed by atoms with Gasteiger partial charge in [0.25, 0.3) is 0 Å². The van der Waals surface area contributed by atoms with Crippen LogP contribution in [0, 0.1) is 5.82 Å². The van der Waals surface area contributed by atoms with Gasteiger partial charge in [-0.15, -0.1) is 5.10 Å². The van der Waals surface area contributed by atoms with Gasteiger partial charge in [-0.2, -0.15) is 0 Å². The Morgan fingerprint density at radius 3 is 2.71 bits per heavy atom. The number of hydrogen-bond donors (Lipinski definition) is 0. The number of benzene rings is 2. The van der Waals surface area contributed by atoms with Gasteiger partial charge in [-0.25, -0.2) is 12.8 Å². The molecule has 0 bridgehead atoms. The maximum atomic E-state index is 13.4. The lowest BCUT2D eigenvalue weighted by Crippen LogP contribution is -2.19. The van der Waals surface area contributed by atoms with Crippen LogP contribution in [-0.4, -0.2) is 43.0 Å². The highest BCUT2D eigenvalue weighted by molar-refractivity contribution is 7.90. The monoisotopic (exact) mass is 351 g/mol. The second-order valence-corrected chi connectivity index (χ2v) is 7.01. The van der Waals surface area contributed by atoms with Crippen LogP contribution >= 0.6 is 0 Å². The summed E-state index contributed by atoms with van der Waals surface area (Å²) in [6, 6.07) is 10.5. The number of fused-ring (bicyclic) bond motifs is 1. The van der Waals surface area contributed by atoms with Crippen LogP contribution in [0.1, 0.15) is 0 Å². The largest absolute Gasteiger partial charge is 0.487 e. The smallest absolute Gasteiger partial charge is 0.175 e. The predicted molar refractivity (Wildman–Crippen MR) is 84.0 cm³/mol. The van der Waals surface area contributed by atoms with Crippen molar-refractivity contribution in [3.05, 3.63) is 48.3 Å². The van der Waals surface area contributed by atoms with Crippen molar-refractivity contribution in [2.45, 2.75) is 4.90 Å². The first kappa shape index (κ1) is 16.2. The summed E-state index contributed by atoms with van der Waals surface area (Å²) >= 11 is 0. The molecule has 0 saturated carbocycles. The van der Waals surface area contributed by atoms with E-state index >= 15 is 0 Å². The fourth-order valence-electron chi connectivity index (χ4n) is 2.04. The molecule has 0 N–H and O–H groups in total. The highest BCUT2D eigenvalue weighted by atomic mass is 32.2. The van der Waals surface area contributed by atoms with Crippen molar-refractivity contribution in [3.8, 4) is 5.75 Å². The number of sulfone groups is 1.